The van der Waals surface area contributed by atoms with Crippen molar-refractivity contribution < 1.29 is 14.4 Å². The molecule has 0 aliphatic rings. The van der Waals surface area contributed by atoms with Gasteiger partial charge in [-0.05, 0) is 24.3 Å². The van der Waals surface area contributed by atoms with E-state index >= 15 is 0 Å². The monoisotopic (exact) mass is 270 g/mol. The van der Waals surface area contributed by atoms with Crippen LogP contribution in [0.1, 0.15) is 13.8 Å². The molecule has 0 fully saturated rings. The Morgan fingerprint density at radius 1 is 1.33 bits per heavy atom. The Balaban J connectivity index is 2.81. The number of amides is 2. The molecule has 2 amide bonds. The van der Waals surface area contributed by atoms with Crippen LogP contribution in [0.25, 0.3) is 0 Å². The lowest BCUT2D eigenvalue weighted by molar-refractivity contribution is -0.164. The van der Waals surface area contributed by atoms with Gasteiger partial charge in [-0.3, -0.25) is 9.59 Å². The Labute approximate surface area is 110 Å². The van der Waals surface area contributed by atoms with Crippen molar-refractivity contribution in [2.75, 3.05) is 6.54 Å². The van der Waals surface area contributed by atoms with E-state index in [0.29, 0.717) is 10.8 Å². The van der Waals surface area contributed by atoms with Crippen LogP contribution in [-0.4, -0.2) is 23.4 Å². The van der Waals surface area contributed by atoms with Gasteiger partial charge in [0, 0.05) is 10.9 Å². The summed E-state index contributed by atoms with van der Waals surface area (Å²) in [7, 11) is 0. The van der Waals surface area contributed by atoms with E-state index < -0.39 is 5.91 Å². The van der Waals surface area contributed by atoms with E-state index in [1.165, 1.54) is 0 Å². The predicted molar refractivity (Wildman–Crippen MR) is 67.8 cm³/mol. The van der Waals surface area contributed by atoms with E-state index in [4.69, 9.17) is 22.2 Å². The molecular weight excluding hydrogens is 256 g/mol. The van der Waals surface area contributed by atoms with E-state index in [1.54, 1.807) is 38.1 Å². The molecule has 0 bridgehead atoms. The van der Waals surface area contributed by atoms with Gasteiger partial charge < -0.3 is 10.6 Å². The number of hydrogen-bond donors (Lipinski definition) is 1. The van der Waals surface area contributed by atoms with Gasteiger partial charge in [-0.2, -0.15) is 5.06 Å². The number of carbonyl (C=O) groups excluding carboxylic acids is 2. The standard InChI is InChI=1S/C12H15ClN2O3/c1-8(2)12(17)15(7-11(14)16)18-10-5-3-9(13)4-6-10/h3-6,8H,7H2,1-2H3,(H2,14,16). The highest BCUT2D eigenvalue weighted by Crippen LogP contribution is 2.17. The van der Waals surface area contributed by atoms with Gasteiger partial charge in [0.2, 0.25) is 5.91 Å². The number of rotatable bonds is 5. The number of carbonyl (C=O) groups is 2. The summed E-state index contributed by atoms with van der Waals surface area (Å²) in [6.07, 6.45) is 0. The van der Waals surface area contributed by atoms with Gasteiger partial charge in [-0.1, -0.05) is 25.4 Å². The van der Waals surface area contributed by atoms with Gasteiger partial charge in [0.05, 0.1) is 0 Å². The smallest absolute Gasteiger partial charge is 0.258 e. The van der Waals surface area contributed by atoms with Crippen LogP contribution in [-0.2, 0) is 9.59 Å². The van der Waals surface area contributed by atoms with Crippen LogP contribution in [0.3, 0.4) is 0 Å². The summed E-state index contributed by atoms with van der Waals surface area (Å²) >= 11 is 5.74. The fourth-order valence-corrected chi connectivity index (χ4v) is 1.33. The number of nitrogens with two attached hydrogens (primary N) is 1. The number of halogens is 1. The lowest BCUT2D eigenvalue weighted by Gasteiger charge is -2.22. The Hall–Kier alpha value is -1.75. The topological polar surface area (TPSA) is 72.6 Å². The van der Waals surface area contributed by atoms with Gasteiger partial charge in [-0.15, -0.1) is 0 Å². The molecule has 6 heteroatoms. The molecule has 0 aliphatic heterocycles. The van der Waals surface area contributed by atoms with Crippen molar-refractivity contribution in [3.05, 3.63) is 29.3 Å². The molecule has 1 aromatic carbocycles. The number of nitrogens with zero attached hydrogens (tertiary/aromatic N) is 1. The first-order valence-electron chi connectivity index (χ1n) is 5.43. The summed E-state index contributed by atoms with van der Waals surface area (Å²) < 4.78 is 0. The first-order valence-corrected chi connectivity index (χ1v) is 5.81. The fourth-order valence-electron chi connectivity index (χ4n) is 1.21. The first-order chi connectivity index (χ1) is 8.40. The first kappa shape index (κ1) is 14.3. The summed E-state index contributed by atoms with van der Waals surface area (Å²) in [6.45, 7) is 3.13. The number of hydroxylamine groups is 2. The second-order valence-electron chi connectivity index (χ2n) is 4.04. The Kier molecular flexibility index (Phi) is 4.97. The van der Waals surface area contributed by atoms with Crippen LogP contribution in [0.2, 0.25) is 5.02 Å². The number of hydrogen-bond acceptors (Lipinski definition) is 3. The Morgan fingerprint density at radius 2 is 1.89 bits per heavy atom. The molecule has 0 spiro atoms. The summed E-state index contributed by atoms with van der Waals surface area (Å²) in [5, 5.41) is 1.51. The van der Waals surface area contributed by atoms with Gasteiger partial charge in [0.1, 0.15) is 6.54 Å². The number of benzene rings is 1. The van der Waals surface area contributed by atoms with E-state index in [2.05, 4.69) is 0 Å². The minimum absolute atomic E-state index is 0.292. The molecule has 0 unspecified atom stereocenters. The van der Waals surface area contributed by atoms with Crippen LogP contribution in [0, 0.1) is 5.92 Å². The molecular formula is C12H15ClN2O3. The third kappa shape index (κ3) is 4.25. The normalized spacial score (nSPS) is 10.2. The number of primary amides is 1. The highest BCUT2D eigenvalue weighted by molar-refractivity contribution is 6.30. The zero-order valence-electron chi connectivity index (χ0n) is 10.2. The molecule has 98 valence electrons. The Morgan fingerprint density at radius 3 is 2.33 bits per heavy atom. The summed E-state index contributed by atoms with van der Waals surface area (Å²) in [6, 6.07) is 6.45. The highest BCUT2D eigenvalue weighted by Gasteiger charge is 2.21. The zero-order valence-corrected chi connectivity index (χ0v) is 11.0. The molecule has 1 rings (SSSR count). The molecule has 0 heterocycles. The van der Waals surface area contributed by atoms with Crippen molar-refractivity contribution in [3.63, 3.8) is 0 Å². The summed E-state index contributed by atoms with van der Waals surface area (Å²) in [5.41, 5.74) is 5.08. The maximum Gasteiger partial charge on any atom is 0.258 e. The average molecular weight is 271 g/mol. The van der Waals surface area contributed by atoms with E-state index in [0.717, 1.165) is 5.06 Å². The summed E-state index contributed by atoms with van der Waals surface area (Å²) in [4.78, 5) is 28.1. The van der Waals surface area contributed by atoms with Crippen molar-refractivity contribution in [1.82, 2.24) is 5.06 Å². The van der Waals surface area contributed by atoms with Crippen LogP contribution >= 0.6 is 11.6 Å². The Bertz CT molecular complexity index is 431. The molecule has 0 saturated heterocycles. The quantitative estimate of drug-likeness (QED) is 0.826. The van der Waals surface area contributed by atoms with Crippen LogP contribution in [0.15, 0.2) is 24.3 Å². The molecule has 18 heavy (non-hydrogen) atoms. The fraction of sp³-hybridized carbons (Fsp3) is 0.333. The van der Waals surface area contributed by atoms with Crippen LogP contribution < -0.4 is 10.6 Å². The SMILES string of the molecule is CC(C)C(=O)N(CC(N)=O)Oc1ccc(Cl)cc1. The van der Waals surface area contributed by atoms with Crippen LogP contribution in [0.5, 0.6) is 5.75 Å². The predicted octanol–water partition coefficient (Wildman–Crippen LogP) is 1.60. The largest absolute Gasteiger partial charge is 0.376 e. The minimum Gasteiger partial charge on any atom is -0.376 e. The van der Waals surface area contributed by atoms with E-state index in [1.807, 2.05) is 0 Å². The minimum atomic E-state index is -0.641. The molecule has 5 nitrogen and oxygen atoms in total. The van der Waals surface area contributed by atoms with Crippen molar-refractivity contribution in [1.29, 1.82) is 0 Å². The lowest BCUT2D eigenvalue weighted by Crippen LogP contribution is -2.42. The second kappa shape index (κ2) is 6.26. The molecule has 0 aromatic heterocycles. The van der Waals surface area contributed by atoms with Crippen molar-refractivity contribution in [2.45, 2.75) is 13.8 Å². The highest BCUT2D eigenvalue weighted by atomic mass is 35.5. The maximum atomic E-state index is 11.8. The van der Waals surface area contributed by atoms with Crippen molar-refractivity contribution in [3.8, 4) is 5.75 Å². The molecule has 1 aromatic rings. The van der Waals surface area contributed by atoms with Gasteiger partial charge >= 0.3 is 0 Å². The molecule has 0 atom stereocenters. The third-order valence-corrected chi connectivity index (χ3v) is 2.32. The van der Waals surface area contributed by atoms with Gasteiger partial charge in [-0.25, -0.2) is 0 Å². The third-order valence-electron chi connectivity index (χ3n) is 2.07. The zero-order chi connectivity index (χ0) is 13.7. The maximum absolute atomic E-state index is 11.8. The van der Waals surface area contributed by atoms with Crippen molar-refractivity contribution in [2.24, 2.45) is 11.7 Å². The van der Waals surface area contributed by atoms with Crippen LogP contribution in [0.4, 0.5) is 0 Å². The lowest BCUT2D eigenvalue weighted by atomic mass is 10.2. The molecule has 0 saturated carbocycles. The van der Waals surface area contributed by atoms with Gasteiger partial charge in [0.15, 0.2) is 5.75 Å². The summed E-state index contributed by atoms with van der Waals surface area (Å²) in [5.74, 6) is -0.840. The van der Waals surface area contributed by atoms with E-state index in [9.17, 15) is 9.59 Å². The second-order valence-corrected chi connectivity index (χ2v) is 4.48. The van der Waals surface area contributed by atoms with Crippen molar-refractivity contribution >= 4 is 23.4 Å². The molecule has 0 aliphatic carbocycles. The van der Waals surface area contributed by atoms with Gasteiger partial charge in [0.25, 0.3) is 5.91 Å². The van der Waals surface area contributed by atoms with E-state index in [-0.39, 0.29) is 18.4 Å². The molecule has 0 radical (unpaired) electrons. The molecule has 2 N–H and O–H groups in total. The average Bonchev–Trinajstić information content (AvgIpc) is 2.29.